The van der Waals surface area contributed by atoms with Crippen LogP contribution < -0.4 is 10.6 Å². The third-order valence-electron chi connectivity index (χ3n) is 2.89. The first-order chi connectivity index (χ1) is 9.36. The maximum Gasteiger partial charge on any atom is 0.144 e. The maximum atomic E-state index is 4.45. The first-order valence-corrected chi connectivity index (χ1v) is 6.16. The zero-order valence-corrected chi connectivity index (χ0v) is 10.6. The maximum absolute atomic E-state index is 4.45. The molecule has 0 atom stereocenters. The lowest BCUT2D eigenvalue weighted by Crippen LogP contribution is -2.09. The van der Waals surface area contributed by atoms with Gasteiger partial charge in [0.25, 0.3) is 0 Å². The topological polar surface area (TPSA) is 65.6 Å². The van der Waals surface area contributed by atoms with Crippen LogP contribution in [-0.4, -0.2) is 22.0 Å². The Hall–Kier alpha value is -2.40. The Labute approximate surface area is 111 Å². The number of aromatic amines is 1. The highest BCUT2D eigenvalue weighted by atomic mass is 15.1. The molecule has 96 valence electrons. The van der Waals surface area contributed by atoms with Gasteiger partial charge in [-0.25, -0.2) is 9.97 Å². The van der Waals surface area contributed by atoms with E-state index < -0.39 is 0 Å². The first-order valence-electron chi connectivity index (χ1n) is 6.16. The summed E-state index contributed by atoms with van der Waals surface area (Å²) in [4.78, 5) is 11.9. The van der Waals surface area contributed by atoms with E-state index >= 15 is 0 Å². The Morgan fingerprint density at radius 2 is 2.11 bits per heavy atom. The van der Waals surface area contributed by atoms with Crippen molar-refractivity contribution in [2.75, 3.05) is 12.4 Å². The summed E-state index contributed by atoms with van der Waals surface area (Å²) in [7, 11) is 1.88. The molecule has 2 heterocycles. The molecular formula is C14H15N5. The van der Waals surface area contributed by atoms with Crippen LogP contribution in [0.15, 0.2) is 42.7 Å². The molecule has 2 aromatic heterocycles. The van der Waals surface area contributed by atoms with Crippen molar-refractivity contribution >= 4 is 22.4 Å². The lowest BCUT2D eigenvalue weighted by atomic mass is 10.2. The first kappa shape index (κ1) is 11.7. The van der Waals surface area contributed by atoms with Crippen LogP contribution in [0.2, 0.25) is 0 Å². The average molecular weight is 253 g/mol. The van der Waals surface area contributed by atoms with Gasteiger partial charge in [-0.1, -0.05) is 18.2 Å². The molecule has 3 rings (SSSR count). The molecule has 0 bridgehead atoms. The Kier molecular flexibility index (Phi) is 3.12. The van der Waals surface area contributed by atoms with E-state index in [9.17, 15) is 0 Å². The number of hydrogen-bond acceptors (Lipinski definition) is 4. The van der Waals surface area contributed by atoms with Crippen molar-refractivity contribution in [2.45, 2.75) is 6.54 Å². The van der Waals surface area contributed by atoms with Crippen LogP contribution in [-0.2, 0) is 6.54 Å². The molecule has 5 nitrogen and oxygen atoms in total. The Morgan fingerprint density at radius 3 is 3.00 bits per heavy atom. The van der Waals surface area contributed by atoms with Crippen molar-refractivity contribution in [3.05, 3.63) is 48.5 Å². The molecule has 0 unspecified atom stereocenters. The van der Waals surface area contributed by atoms with Crippen molar-refractivity contribution in [3.8, 4) is 0 Å². The van der Waals surface area contributed by atoms with Gasteiger partial charge in [0, 0.05) is 23.3 Å². The molecule has 19 heavy (non-hydrogen) atoms. The molecule has 1 aromatic carbocycles. The molecule has 5 heteroatoms. The van der Waals surface area contributed by atoms with Gasteiger partial charge in [-0.2, -0.15) is 0 Å². The number of nitrogens with one attached hydrogen (secondary N) is 3. The Bertz CT molecular complexity index is 689. The summed E-state index contributed by atoms with van der Waals surface area (Å²) < 4.78 is 0. The fourth-order valence-electron chi connectivity index (χ4n) is 2.02. The minimum absolute atomic E-state index is 0.656. The summed E-state index contributed by atoms with van der Waals surface area (Å²) in [5, 5.41) is 7.51. The summed E-state index contributed by atoms with van der Waals surface area (Å²) in [6.07, 6.45) is 3.71. The molecule has 0 aliphatic rings. The predicted molar refractivity (Wildman–Crippen MR) is 76.4 cm³/mol. The number of H-pyrrole nitrogens is 1. The molecule has 0 fully saturated rings. The standard InChI is InChI=1S/C14H15N5/c1-15-9-14-16-7-6-13(19-14)18-12-8-17-11-5-3-2-4-10(11)12/h2-8,15,17H,9H2,1H3,(H,16,18,19). The quantitative estimate of drug-likeness (QED) is 0.668. The van der Waals surface area contributed by atoms with Crippen molar-refractivity contribution in [1.82, 2.24) is 20.3 Å². The molecule has 0 saturated heterocycles. The van der Waals surface area contributed by atoms with E-state index in [0.717, 1.165) is 28.2 Å². The zero-order chi connectivity index (χ0) is 13.1. The number of hydrogen-bond donors (Lipinski definition) is 3. The van der Waals surface area contributed by atoms with Gasteiger partial charge in [0.1, 0.15) is 11.6 Å². The van der Waals surface area contributed by atoms with Crippen LogP contribution in [0.25, 0.3) is 10.9 Å². The fraction of sp³-hybridized carbons (Fsp3) is 0.143. The van der Waals surface area contributed by atoms with E-state index in [1.54, 1.807) is 6.20 Å². The minimum Gasteiger partial charge on any atom is -0.359 e. The smallest absolute Gasteiger partial charge is 0.144 e. The van der Waals surface area contributed by atoms with Gasteiger partial charge in [0.05, 0.1) is 12.2 Å². The molecule has 0 aliphatic carbocycles. The van der Waals surface area contributed by atoms with Crippen LogP contribution in [0.1, 0.15) is 5.82 Å². The summed E-state index contributed by atoms with van der Waals surface area (Å²) in [5.74, 6) is 1.57. The average Bonchev–Trinajstić information content (AvgIpc) is 2.83. The third kappa shape index (κ3) is 2.41. The normalized spacial score (nSPS) is 10.8. The molecular weight excluding hydrogens is 238 g/mol. The molecule has 0 amide bonds. The monoisotopic (exact) mass is 253 g/mol. The van der Waals surface area contributed by atoms with Crippen LogP contribution in [0, 0.1) is 0 Å². The number of rotatable bonds is 4. The summed E-state index contributed by atoms with van der Waals surface area (Å²) in [6.45, 7) is 0.656. The van der Waals surface area contributed by atoms with Gasteiger partial charge in [-0.05, 0) is 19.2 Å². The van der Waals surface area contributed by atoms with Gasteiger partial charge < -0.3 is 15.6 Å². The predicted octanol–water partition coefficient (Wildman–Crippen LogP) is 2.42. The van der Waals surface area contributed by atoms with Gasteiger partial charge in [0.15, 0.2) is 0 Å². The second kappa shape index (κ2) is 5.07. The molecule has 0 radical (unpaired) electrons. The van der Waals surface area contributed by atoms with Crippen LogP contribution >= 0.6 is 0 Å². The van der Waals surface area contributed by atoms with Crippen LogP contribution in [0.4, 0.5) is 11.5 Å². The highest BCUT2D eigenvalue weighted by Crippen LogP contribution is 2.24. The second-order valence-electron chi connectivity index (χ2n) is 4.26. The van der Waals surface area contributed by atoms with Crippen molar-refractivity contribution in [1.29, 1.82) is 0 Å². The SMILES string of the molecule is CNCc1nccc(Nc2c[nH]c3ccccc23)n1. The summed E-state index contributed by atoms with van der Waals surface area (Å²) in [5.41, 5.74) is 2.12. The highest BCUT2D eigenvalue weighted by Gasteiger charge is 2.04. The number of anilines is 2. The summed E-state index contributed by atoms with van der Waals surface area (Å²) in [6, 6.07) is 10.0. The van der Waals surface area contributed by atoms with Crippen molar-refractivity contribution in [2.24, 2.45) is 0 Å². The molecule has 0 spiro atoms. The van der Waals surface area contributed by atoms with Crippen LogP contribution in [0.3, 0.4) is 0 Å². The van der Waals surface area contributed by atoms with E-state index in [2.05, 4.69) is 31.7 Å². The van der Waals surface area contributed by atoms with Crippen LogP contribution in [0.5, 0.6) is 0 Å². The largest absolute Gasteiger partial charge is 0.359 e. The third-order valence-corrected chi connectivity index (χ3v) is 2.89. The van der Waals surface area contributed by atoms with Crippen molar-refractivity contribution in [3.63, 3.8) is 0 Å². The van der Waals surface area contributed by atoms with Gasteiger partial charge in [-0.3, -0.25) is 0 Å². The molecule has 3 N–H and O–H groups in total. The van der Waals surface area contributed by atoms with E-state index in [1.165, 1.54) is 0 Å². The van der Waals surface area contributed by atoms with E-state index in [-0.39, 0.29) is 0 Å². The lowest BCUT2D eigenvalue weighted by molar-refractivity contribution is 0.759. The lowest BCUT2D eigenvalue weighted by Gasteiger charge is -2.05. The second-order valence-corrected chi connectivity index (χ2v) is 4.26. The minimum atomic E-state index is 0.656. The molecule has 0 saturated carbocycles. The van der Waals surface area contributed by atoms with Crippen molar-refractivity contribution < 1.29 is 0 Å². The van der Waals surface area contributed by atoms with Gasteiger partial charge in [-0.15, -0.1) is 0 Å². The zero-order valence-electron chi connectivity index (χ0n) is 10.6. The molecule has 3 aromatic rings. The van der Waals surface area contributed by atoms with Gasteiger partial charge in [0.2, 0.25) is 0 Å². The van der Waals surface area contributed by atoms with E-state index in [4.69, 9.17) is 0 Å². The number of para-hydroxylation sites is 1. The van der Waals surface area contributed by atoms with Gasteiger partial charge >= 0.3 is 0 Å². The number of fused-ring (bicyclic) bond motifs is 1. The van der Waals surface area contributed by atoms with E-state index in [1.807, 2.05) is 37.5 Å². The fourth-order valence-corrected chi connectivity index (χ4v) is 2.02. The number of aromatic nitrogens is 3. The molecule has 0 aliphatic heterocycles. The van der Waals surface area contributed by atoms with E-state index in [0.29, 0.717) is 6.54 Å². The highest BCUT2D eigenvalue weighted by molar-refractivity contribution is 5.93. The Morgan fingerprint density at radius 1 is 1.21 bits per heavy atom. The number of benzene rings is 1. The Balaban J connectivity index is 1.90. The summed E-state index contributed by atoms with van der Waals surface area (Å²) >= 11 is 0. The number of nitrogens with zero attached hydrogens (tertiary/aromatic N) is 2.